The number of hydrogen-bond donors (Lipinski definition) is 2. The van der Waals surface area contributed by atoms with E-state index in [9.17, 15) is 10.1 Å². The summed E-state index contributed by atoms with van der Waals surface area (Å²) in [6.45, 7) is 1.79. The topological polar surface area (TPSA) is 74.1 Å². The number of ether oxygens (including phenoxy) is 1. The molecule has 1 atom stereocenters. The Hall–Kier alpha value is -2.22. The zero-order valence-corrected chi connectivity index (χ0v) is 12.5. The fourth-order valence-corrected chi connectivity index (χ4v) is 2.62. The molecule has 0 saturated heterocycles. The van der Waals surface area contributed by atoms with E-state index >= 15 is 0 Å². The van der Waals surface area contributed by atoms with Gasteiger partial charge in [0.05, 0.1) is 18.4 Å². The van der Waals surface area contributed by atoms with Crippen molar-refractivity contribution in [3.05, 3.63) is 23.8 Å². The van der Waals surface area contributed by atoms with Crippen molar-refractivity contribution in [2.24, 2.45) is 0 Å². The van der Waals surface area contributed by atoms with E-state index in [1.54, 1.807) is 32.2 Å². The minimum absolute atomic E-state index is 0.0447. The Morgan fingerprint density at radius 1 is 1.43 bits per heavy atom. The first-order valence-electron chi connectivity index (χ1n) is 7.29. The highest BCUT2D eigenvalue weighted by atomic mass is 16.5. The normalized spacial score (nSPS) is 16.0. The largest absolute Gasteiger partial charge is 0.495 e. The predicted octanol–water partition coefficient (Wildman–Crippen LogP) is 2.43. The van der Waals surface area contributed by atoms with Crippen LogP contribution in [0.5, 0.6) is 5.75 Å². The highest BCUT2D eigenvalue weighted by Crippen LogP contribution is 2.28. The minimum atomic E-state index is -0.422. The highest BCUT2D eigenvalue weighted by molar-refractivity contribution is 5.85. The Bertz CT molecular complexity index is 545. The smallest absolute Gasteiger partial charge is 0.242 e. The number of nitriles is 1. The number of nitrogens with zero attached hydrogens (tertiary/aromatic N) is 1. The van der Waals surface area contributed by atoms with Crippen LogP contribution in [0.2, 0.25) is 0 Å². The molecular weight excluding hydrogens is 266 g/mol. The van der Waals surface area contributed by atoms with Gasteiger partial charge in [-0.25, -0.2) is 0 Å². The fourth-order valence-electron chi connectivity index (χ4n) is 2.62. The molecule has 1 aliphatic carbocycles. The monoisotopic (exact) mass is 287 g/mol. The molecule has 0 heterocycles. The number of rotatable bonds is 5. The van der Waals surface area contributed by atoms with Crippen molar-refractivity contribution in [2.45, 2.75) is 44.7 Å². The average molecular weight is 287 g/mol. The Kier molecular flexibility index (Phi) is 5.04. The lowest BCUT2D eigenvalue weighted by Crippen LogP contribution is -2.42. The van der Waals surface area contributed by atoms with Crippen LogP contribution in [0.25, 0.3) is 0 Å². The van der Waals surface area contributed by atoms with Gasteiger partial charge >= 0.3 is 0 Å². The maximum absolute atomic E-state index is 12.2. The molecule has 1 unspecified atom stereocenters. The first kappa shape index (κ1) is 15.2. The maximum atomic E-state index is 12.2. The molecule has 2 rings (SSSR count). The highest BCUT2D eigenvalue weighted by Gasteiger charge is 2.22. The van der Waals surface area contributed by atoms with Gasteiger partial charge < -0.3 is 15.4 Å². The second-order valence-corrected chi connectivity index (χ2v) is 5.35. The summed E-state index contributed by atoms with van der Waals surface area (Å²) in [5.74, 6) is 0.520. The van der Waals surface area contributed by atoms with Gasteiger partial charge in [-0.2, -0.15) is 5.26 Å². The number of hydrogen-bond acceptors (Lipinski definition) is 4. The van der Waals surface area contributed by atoms with Crippen LogP contribution in [-0.2, 0) is 4.79 Å². The van der Waals surface area contributed by atoms with E-state index in [0.717, 1.165) is 12.8 Å². The Labute approximate surface area is 125 Å². The number of nitrogens with one attached hydrogen (secondary N) is 2. The van der Waals surface area contributed by atoms with Crippen molar-refractivity contribution in [3.63, 3.8) is 0 Å². The van der Waals surface area contributed by atoms with Gasteiger partial charge in [-0.05, 0) is 31.9 Å². The molecule has 1 saturated carbocycles. The first-order chi connectivity index (χ1) is 10.2. The molecule has 0 spiro atoms. The third-order valence-electron chi connectivity index (χ3n) is 3.82. The van der Waals surface area contributed by atoms with Crippen molar-refractivity contribution in [1.82, 2.24) is 5.32 Å². The summed E-state index contributed by atoms with van der Waals surface area (Å²) in [6, 6.07) is 7.20. The summed E-state index contributed by atoms with van der Waals surface area (Å²) in [7, 11) is 1.55. The van der Waals surface area contributed by atoms with E-state index < -0.39 is 6.04 Å². The van der Waals surface area contributed by atoms with Gasteiger partial charge in [0.2, 0.25) is 5.91 Å². The van der Waals surface area contributed by atoms with Crippen LogP contribution in [-0.4, -0.2) is 25.1 Å². The van der Waals surface area contributed by atoms with E-state index in [1.807, 2.05) is 0 Å². The summed E-state index contributed by atoms with van der Waals surface area (Å²) in [4.78, 5) is 12.2. The molecule has 0 aromatic heterocycles. The van der Waals surface area contributed by atoms with Gasteiger partial charge in [0.15, 0.2) is 0 Å². The minimum Gasteiger partial charge on any atom is -0.495 e. The van der Waals surface area contributed by atoms with Crippen LogP contribution < -0.4 is 15.4 Å². The summed E-state index contributed by atoms with van der Waals surface area (Å²) < 4.78 is 5.26. The second kappa shape index (κ2) is 6.98. The van der Waals surface area contributed by atoms with Gasteiger partial charge in [0.25, 0.3) is 0 Å². The second-order valence-electron chi connectivity index (χ2n) is 5.35. The quantitative estimate of drug-likeness (QED) is 0.872. The zero-order chi connectivity index (χ0) is 15.2. The van der Waals surface area contributed by atoms with Crippen molar-refractivity contribution < 1.29 is 9.53 Å². The summed E-state index contributed by atoms with van der Waals surface area (Å²) in [5, 5.41) is 15.3. The number of carbonyl (C=O) groups excluding carboxylic acids is 1. The first-order valence-corrected chi connectivity index (χ1v) is 7.29. The Morgan fingerprint density at radius 2 is 2.14 bits per heavy atom. The van der Waals surface area contributed by atoms with Crippen molar-refractivity contribution >= 4 is 11.6 Å². The number of anilines is 1. The van der Waals surface area contributed by atoms with Crippen LogP contribution in [0, 0.1) is 11.3 Å². The molecule has 1 aliphatic rings. The lowest BCUT2D eigenvalue weighted by Gasteiger charge is -2.20. The number of para-hydroxylation sites is 1. The molecule has 5 nitrogen and oxygen atoms in total. The zero-order valence-electron chi connectivity index (χ0n) is 12.5. The van der Waals surface area contributed by atoms with Crippen LogP contribution >= 0.6 is 0 Å². The third kappa shape index (κ3) is 3.66. The van der Waals surface area contributed by atoms with Crippen LogP contribution in [0.3, 0.4) is 0 Å². The van der Waals surface area contributed by atoms with Crippen molar-refractivity contribution in [2.75, 3.05) is 12.4 Å². The Balaban J connectivity index is 2.06. The van der Waals surface area contributed by atoms with Gasteiger partial charge in [0, 0.05) is 6.04 Å². The van der Waals surface area contributed by atoms with Crippen molar-refractivity contribution in [1.29, 1.82) is 5.26 Å². The van der Waals surface area contributed by atoms with E-state index in [-0.39, 0.29) is 11.9 Å². The molecule has 0 aliphatic heterocycles. The molecule has 112 valence electrons. The third-order valence-corrected chi connectivity index (χ3v) is 3.82. The lowest BCUT2D eigenvalue weighted by molar-refractivity contribution is -0.122. The van der Waals surface area contributed by atoms with E-state index in [4.69, 9.17) is 4.74 Å². The number of methoxy groups -OCH3 is 1. The number of benzene rings is 1. The molecular formula is C16H21N3O2. The summed E-state index contributed by atoms with van der Waals surface area (Å²) in [5.41, 5.74) is 1.03. The SMILES string of the molecule is COc1cccc(C#N)c1NC(C)C(=O)NC1CCCC1. The standard InChI is InChI=1S/C16H21N3O2/c1-11(16(20)19-13-7-3-4-8-13)18-15-12(10-17)6-5-9-14(15)21-2/h5-6,9,11,13,18H,3-4,7-8H2,1-2H3,(H,19,20). The Morgan fingerprint density at radius 3 is 2.76 bits per heavy atom. The van der Waals surface area contributed by atoms with E-state index in [1.165, 1.54) is 12.8 Å². The van der Waals surface area contributed by atoms with Gasteiger partial charge in [-0.3, -0.25) is 4.79 Å². The fraction of sp³-hybridized carbons (Fsp3) is 0.500. The lowest BCUT2D eigenvalue weighted by atomic mass is 10.1. The van der Waals surface area contributed by atoms with Gasteiger partial charge in [-0.15, -0.1) is 0 Å². The van der Waals surface area contributed by atoms with Crippen LogP contribution in [0.4, 0.5) is 5.69 Å². The average Bonchev–Trinajstić information content (AvgIpc) is 3.00. The molecule has 1 amide bonds. The maximum Gasteiger partial charge on any atom is 0.242 e. The molecule has 2 N–H and O–H groups in total. The van der Waals surface area contributed by atoms with E-state index in [2.05, 4.69) is 16.7 Å². The molecule has 21 heavy (non-hydrogen) atoms. The summed E-state index contributed by atoms with van der Waals surface area (Å²) in [6.07, 6.45) is 4.46. The number of amides is 1. The molecule has 0 bridgehead atoms. The molecule has 1 aromatic rings. The summed E-state index contributed by atoms with van der Waals surface area (Å²) >= 11 is 0. The molecule has 1 fully saturated rings. The molecule has 0 radical (unpaired) electrons. The van der Waals surface area contributed by atoms with Crippen LogP contribution in [0.15, 0.2) is 18.2 Å². The molecule has 1 aromatic carbocycles. The number of carbonyl (C=O) groups is 1. The molecule has 5 heteroatoms. The predicted molar refractivity (Wildman–Crippen MR) is 81.2 cm³/mol. The van der Waals surface area contributed by atoms with Crippen LogP contribution in [0.1, 0.15) is 38.2 Å². The van der Waals surface area contributed by atoms with Gasteiger partial charge in [-0.1, -0.05) is 18.9 Å². The van der Waals surface area contributed by atoms with E-state index in [0.29, 0.717) is 17.0 Å². The van der Waals surface area contributed by atoms with Gasteiger partial charge in [0.1, 0.15) is 17.9 Å². The van der Waals surface area contributed by atoms with Crippen molar-refractivity contribution in [3.8, 4) is 11.8 Å².